The van der Waals surface area contributed by atoms with Gasteiger partial charge in [0.2, 0.25) is 5.91 Å². The lowest BCUT2D eigenvalue weighted by molar-refractivity contribution is -0.134. The number of benzene rings is 2. The second-order valence-electron chi connectivity index (χ2n) is 10.4. The van der Waals surface area contributed by atoms with E-state index in [9.17, 15) is 14.7 Å². The van der Waals surface area contributed by atoms with Gasteiger partial charge in [0.1, 0.15) is 11.7 Å². The van der Waals surface area contributed by atoms with Crippen LogP contribution in [0.1, 0.15) is 62.9 Å². The highest BCUT2D eigenvalue weighted by Crippen LogP contribution is 2.38. The van der Waals surface area contributed by atoms with Crippen molar-refractivity contribution in [2.24, 2.45) is 0 Å². The monoisotopic (exact) mass is 449 g/mol. The fourth-order valence-electron chi connectivity index (χ4n) is 4.99. The molecule has 2 aromatic rings. The van der Waals surface area contributed by atoms with Gasteiger partial charge in [-0.25, -0.2) is 4.79 Å². The second-order valence-corrected chi connectivity index (χ2v) is 10.4. The average molecular weight is 450 g/mol. The average Bonchev–Trinajstić information content (AvgIpc) is 3.06. The molecule has 0 bridgehead atoms. The first-order valence-corrected chi connectivity index (χ1v) is 11.9. The van der Waals surface area contributed by atoms with Crippen molar-refractivity contribution in [3.05, 3.63) is 71.3 Å². The summed E-state index contributed by atoms with van der Waals surface area (Å²) >= 11 is 0. The number of rotatable bonds is 5. The van der Waals surface area contributed by atoms with Crippen molar-refractivity contribution >= 4 is 12.0 Å². The topological polar surface area (TPSA) is 72.9 Å². The Bertz CT molecular complexity index is 974. The molecule has 0 saturated carbocycles. The summed E-state index contributed by atoms with van der Waals surface area (Å²) in [7, 11) is 0. The molecule has 1 spiro atoms. The van der Waals surface area contributed by atoms with Gasteiger partial charge in [-0.15, -0.1) is 0 Å². The molecule has 2 aromatic carbocycles. The summed E-state index contributed by atoms with van der Waals surface area (Å²) < 4.78 is 0. The van der Waals surface area contributed by atoms with Crippen LogP contribution in [0.2, 0.25) is 0 Å². The smallest absolute Gasteiger partial charge is 0.407 e. The van der Waals surface area contributed by atoms with Crippen LogP contribution in [0.5, 0.6) is 0 Å². The molecule has 2 aliphatic rings. The predicted molar refractivity (Wildman–Crippen MR) is 129 cm³/mol. The summed E-state index contributed by atoms with van der Waals surface area (Å²) in [6.45, 7) is 8.00. The number of carbonyl (C=O) groups is 2. The van der Waals surface area contributed by atoms with Crippen LogP contribution in [0.15, 0.2) is 54.6 Å². The number of carbonyl (C=O) groups excluding carboxylic acids is 1. The SMILES string of the molecule is CC(C)(C)c1ccc(C2NC3(CCN(C(=O)O)CC3)C(=O)N2CCCc2ccccc2)cc1. The Hall–Kier alpha value is -2.86. The van der Waals surface area contributed by atoms with E-state index in [1.165, 1.54) is 16.0 Å². The number of piperidine rings is 1. The molecule has 0 aliphatic carbocycles. The fraction of sp³-hybridized carbons (Fsp3) is 0.481. The molecule has 2 N–H and O–H groups in total. The summed E-state index contributed by atoms with van der Waals surface area (Å²) in [4.78, 5) is 28.5. The molecule has 2 heterocycles. The van der Waals surface area contributed by atoms with E-state index >= 15 is 0 Å². The molecule has 176 valence electrons. The van der Waals surface area contributed by atoms with Crippen molar-refractivity contribution in [1.82, 2.24) is 15.1 Å². The van der Waals surface area contributed by atoms with E-state index in [0.717, 1.165) is 18.4 Å². The van der Waals surface area contributed by atoms with E-state index in [-0.39, 0.29) is 17.5 Å². The molecule has 2 saturated heterocycles. The molecule has 1 unspecified atom stereocenters. The third-order valence-corrected chi connectivity index (χ3v) is 7.08. The number of hydrogen-bond acceptors (Lipinski definition) is 3. The normalized spacial score (nSPS) is 20.5. The summed E-state index contributed by atoms with van der Waals surface area (Å²) in [6, 6.07) is 18.9. The highest BCUT2D eigenvalue weighted by molar-refractivity contribution is 5.89. The van der Waals surface area contributed by atoms with Gasteiger partial charge in [0.05, 0.1) is 0 Å². The number of carboxylic acid groups (broad SMARTS) is 1. The Balaban J connectivity index is 1.55. The molecule has 2 fully saturated rings. The quantitative estimate of drug-likeness (QED) is 0.702. The second kappa shape index (κ2) is 9.18. The van der Waals surface area contributed by atoms with Crippen LogP contribution < -0.4 is 5.32 Å². The third-order valence-electron chi connectivity index (χ3n) is 7.08. The van der Waals surface area contributed by atoms with Gasteiger partial charge in [0.15, 0.2) is 0 Å². The van der Waals surface area contributed by atoms with Crippen molar-refractivity contribution in [3.8, 4) is 0 Å². The standard InChI is InChI=1S/C27H35N3O3/c1-26(2,3)22-13-11-21(12-14-22)23-28-27(15-18-29(19-16-27)25(32)33)24(31)30(23)17-7-10-20-8-5-4-6-9-20/h4-6,8-9,11-14,23,28H,7,10,15-19H2,1-3H3,(H,32,33). The minimum absolute atomic E-state index is 0.0672. The van der Waals surface area contributed by atoms with Crippen molar-refractivity contribution < 1.29 is 14.7 Å². The number of nitrogens with one attached hydrogen (secondary N) is 1. The van der Waals surface area contributed by atoms with Crippen LogP contribution in [0.25, 0.3) is 0 Å². The predicted octanol–water partition coefficient (Wildman–Crippen LogP) is 4.56. The van der Waals surface area contributed by atoms with Crippen molar-refractivity contribution in [3.63, 3.8) is 0 Å². The molecular weight excluding hydrogens is 414 g/mol. The molecule has 2 amide bonds. The van der Waals surface area contributed by atoms with E-state index in [1.54, 1.807) is 0 Å². The number of likely N-dealkylation sites (tertiary alicyclic amines) is 1. The van der Waals surface area contributed by atoms with Gasteiger partial charge < -0.3 is 14.9 Å². The van der Waals surface area contributed by atoms with E-state index < -0.39 is 11.6 Å². The number of hydrogen-bond donors (Lipinski definition) is 2. The van der Waals surface area contributed by atoms with Crippen LogP contribution in [0.4, 0.5) is 4.79 Å². The largest absolute Gasteiger partial charge is 0.465 e. The van der Waals surface area contributed by atoms with Crippen LogP contribution in [-0.2, 0) is 16.6 Å². The first-order valence-electron chi connectivity index (χ1n) is 11.9. The lowest BCUT2D eigenvalue weighted by Crippen LogP contribution is -2.55. The summed E-state index contributed by atoms with van der Waals surface area (Å²) in [5.41, 5.74) is 2.99. The Morgan fingerprint density at radius 1 is 1.06 bits per heavy atom. The Labute approximate surface area is 196 Å². The van der Waals surface area contributed by atoms with E-state index in [0.29, 0.717) is 32.5 Å². The molecule has 33 heavy (non-hydrogen) atoms. The molecule has 1 atom stereocenters. The Morgan fingerprint density at radius 3 is 2.27 bits per heavy atom. The zero-order valence-corrected chi connectivity index (χ0v) is 19.9. The van der Waals surface area contributed by atoms with E-state index in [1.807, 2.05) is 23.1 Å². The van der Waals surface area contributed by atoms with Gasteiger partial charge in [-0.3, -0.25) is 10.1 Å². The van der Waals surface area contributed by atoms with E-state index in [2.05, 4.69) is 62.5 Å². The number of aryl methyl sites for hydroxylation is 1. The molecule has 0 radical (unpaired) electrons. The molecule has 2 aliphatic heterocycles. The minimum atomic E-state index is -0.913. The molecule has 6 nitrogen and oxygen atoms in total. The molecular formula is C27H35N3O3. The highest BCUT2D eigenvalue weighted by Gasteiger charge is 2.52. The highest BCUT2D eigenvalue weighted by atomic mass is 16.4. The zero-order valence-electron chi connectivity index (χ0n) is 19.9. The van der Waals surface area contributed by atoms with Crippen LogP contribution >= 0.6 is 0 Å². The molecule has 6 heteroatoms. The van der Waals surface area contributed by atoms with Gasteiger partial charge in [-0.2, -0.15) is 0 Å². The Kier molecular flexibility index (Phi) is 6.48. The molecule has 0 aromatic heterocycles. The van der Waals surface area contributed by atoms with Crippen molar-refractivity contribution in [2.45, 2.75) is 63.6 Å². The van der Waals surface area contributed by atoms with Gasteiger partial charge in [-0.1, -0.05) is 75.4 Å². The lowest BCUT2D eigenvalue weighted by Gasteiger charge is -2.36. The van der Waals surface area contributed by atoms with Gasteiger partial charge in [-0.05, 0) is 47.8 Å². The fourth-order valence-corrected chi connectivity index (χ4v) is 4.99. The van der Waals surface area contributed by atoms with E-state index in [4.69, 9.17) is 0 Å². The summed E-state index contributed by atoms with van der Waals surface area (Å²) in [6.07, 6.45) is 1.70. The van der Waals surface area contributed by atoms with Gasteiger partial charge in [0.25, 0.3) is 0 Å². The van der Waals surface area contributed by atoms with Crippen molar-refractivity contribution in [1.29, 1.82) is 0 Å². The first kappa shape index (κ1) is 23.3. The number of nitrogens with zero attached hydrogens (tertiary/aromatic N) is 2. The zero-order chi connectivity index (χ0) is 23.6. The van der Waals surface area contributed by atoms with Crippen LogP contribution in [-0.4, -0.2) is 52.1 Å². The summed E-state index contributed by atoms with van der Waals surface area (Å²) in [5.74, 6) is 0.102. The Morgan fingerprint density at radius 2 is 1.70 bits per heavy atom. The lowest BCUT2D eigenvalue weighted by atomic mass is 9.86. The summed E-state index contributed by atoms with van der Waals surface area (Å²) in [5, 5.41) is 13.0. The first-order chi connectivity index (χ1) is 15.7. The maximum atomic E-state index is 13.7. The third kappa shape index (κ3) is 4.91. The molecule has 4 rings (SSSR count). The van der Waals surface area contributed by atoms with Crippen LogP contribution in [0, 0.1) is 0 Å². The maximum absolute atomic E-state index is 13.7. The van der Waals surface area contributed by atoms with Gasteiger partial charge >= 0.3 is 6.09 Å². The maximum Gasteiger partial charge on any atom is 0.407 e. The van der Waals surface area contributed by atoms with Crippen LogP contribution in [0.3, 0.4) is 0 Å². The van der Waals surface area contributed by atoms with Crippen molar-refractivity contribution in [2.75, 3.05) is 19.6 Å². The minimum Gasteiger partial charge on any atom is -0.465 e. The van der Waals surface area contributed by atoms with Gasteiger partial charge in [0, 0.05) is 19.6 Å². The number of amides is 2.